The molecular formula is C17H24N2O3S. The summed E-state index contributed by atoms with van der Waals surface area (Å²) in [4.78, 5) is 2.84. The lowest BCUT2D eigenvalue weighted by Crippen LogP contribution is -2.68. The molecule has 126 valence electrons. The van der Waals surface area contributed by atoms with Gasteiger partial charge in [-0.15, -0.1) is 0 Å². The van der Waals surface area contributed by atoms with Crippen LogP contribution in [0.3, 0.4) is 0 Å². The van der Waals surface area contributed by atoms with Gasteiger partial charge >= 0.3 is 0 Å². The van der Waals surface area contributed by atoms with Gasteiger partial charge < -0.3 is 5.11 Å². The molecule has 1 saturated carbocycles. The van der Waals surface area contributed by atoms with Crippen molar-refractivity contribution in [3.8, 4) is 0 Å². The molecule has 5 nitrogen and oxygen atoms in total. The fourth-order valence-corrected chi connectivity index (χ4v) is 5.71. The van der Waals surface area contributed by atoms with Gasteiger partial charge in [0, 0.05) is 38.3 Å². The number of sulfonamides is 1. The molecule has 1 spiro atoms. The van der Waals surface area contributed by atoms with E-state index < -0.39 is 10.0 Å². The van der Waals surface area contributed by atoms with Crippen LogP contribution in [0, 0.1) is 11.8 Å². The topological polar surface area (TPSA) is 60.9 Å². The van der Waals surface area contributed by atoms with E-state index in [1.54, 1.807) is 28.6 Å². The summed E-state index contributed by atoms with van der Waals surface area (Å²) in [5.41, 5.74) is -0.0438. The third-order valence-corrected chi connectivity index (χ3v) is 7.38. The fraction of sp³-hybridized carbons (Fsp3) is 0.647. The quantitative estimate of drug-likeness (QED) is 0.876. The predicted molar refractivity (Wildman–Crippen MR) is 87.4 cm³/mol. The second-order valence-electron chi connectivity index (χ2n) is 7.41. The van der Waals surface area contributed by atoms with Gasteiger partial charge in [0.2, 0.25) is 10.0 Å². The van der Waals surface area contributed by atoms with E-state index in [0.29, 0.717) is 18.0 Å². The van der Waals surface area contributed by atoms with Gasteiger partial charge in [0.1, 0.15) is 0 Å². The Morgan fingerprint density at radius 3 is 2.43 bits per heavy atom. The minimum Gasteiger partial charge on any atom is -0.396 e. The Bertz CT molecular complexity index is 666. The summed E-state index contributed by atoms with van der Waals surface area (Å²) in [7, 11) is -3.38. The van der Waals surface area contributed by atoms with Gasteiger partial charge in [0.15, 0.2) is 0 Å². The lowest BCUT2D eigenvalue weighted by Gasteiger charge is -2.52. The number of rotatable bonds is 5. The lowest BCUT2D eigenvalue weighted by atomic mass is 9.86. The molecule has 3 fully saturated rings. The molecule has 6 heteroatoms. The Balaban J connectivity index is 1.50. The van der Waals surface area contributed by atoms with Crippen LogP contribution in [-0.4, -0.2) is 61.1 Å². The summed E-state index contributed by atoms with van der Waals surface area (Å²) in [6, 6.07) is 8.68. The van der Waals surface area contributed by atoms with Crippen molar-refractivity contribution in [2.75, 3.05) is 32.8 Å². The predicted octanol–water partition coefficient (Wildman–Crippen LogP) is 1.15. The Hall–Kier alpha value is -0.950. The molecule has 1 aromatic carbocycles. The fourth-order valence-electron chi connectivity index (χ4n) is 4.09. The zero-order valence-electron chi connectivity index (χ0n) is 13.3. The molecule has 1 atom stereocenters. The van der Waals surface area contributed by atoms with E-state index in [1.807, 2.05) is 6.07 Å². The van der Waals surface area contributed by atoms with Crippen LogP contribution in [-0.2, 0) is 10.0 Å². The highest BCUT2D eigenvalue weighted by molar-refractivity contribution is 7.89. The average Bonchev–Trinajstić information content (AvgIpc) is 3.25. The standard InChI is InChI=1S/C17H24N2O3S/c20-11-15-8-17(18(10-15)9-14-6-7-14)12-19(13-17)23(21,22)16-4-2-1-3-5-16/h1-5,14-15,20H,6-13H2. The maximum Gasteiger partial charge on any atom is 0.243 e. The molecule has 1 aliphatic carbocycles. The molecule has 2 aliphatic heterocycles. The van der Waals surface area contributed by atoms with Gasteiger partial charge in [0.05, 0.1) is 4.90 Å². The van der Waals surface area contributed by atoms with Gasteiger partial charge in [-0.1, -0.05) is 18.2 Å². The van der Waals surface area contributed by atoms with Crippen molar-refractivity contribution in [1.29, 1.82) is 0 Å². The van der Waals surface area contributed by atoms with E-state index in [4.69, 9.17) is 0 Å². The SMILES string of the molecule is O=S(=O)(c1ccccc1)N1CC2(CC(CO)CN2CC2CC2)C1. The summed E-state index contributed by atoms with van der Waals surface area (Å²) in [5, 5.41) is 9.53. The molecule has 2 saturated heterocycles. The number of aliphatic hydroxyl groups excluding tert-OH is 1. The molecule has 0 radical (unpaired) electrons. The zero-order chi connectivity index (χ0) is 16.1. The number of hydrogen-bond donors (Lipinski definition) is 1. The minimum absolute atomic E-state index is 0.0438. The van der Waals surface area contributed by atoms with Gasteiger partial charge in [0.25, 0.3) is 0 Å². The Labute approximate surface area is 138 Å². The number of nitrogens with zero attached hydrogens (tertiary/aromatic N) is 2. The Morgan fingerprint density at radius 1 is 1.13 bits per heavy atom. The number of hydrogen-bond acceptors (Lipinski definition) is 4. The largest absolute Gasteiger partial charge is 0.396 e. The monoisotopic (exact) mass is 336 g/mol. The second kappa shape index (κ2) is 5.55. The normalized spacial score (nSPS) is 28.1. The first-order valence-corrected chi connectivity index (χ1v) is 9.89. The van der Waals surface area contributed by atoms with E-state index in [2.05, 4.69) is 4.90 Å². The molecule has 1 unspecified atom stereocenters. The van der Waals surface area contributed by atoms with Crippen LogP contribution >= 0.6 is 0 Å². The van der Waals surface area contributed by atoms with E-state index in [1.165, 1.54) is 12.8 Å². The highest BCUT2D eigenvalue weighted by Gasteiger charge is 2.56. The number of benzene rings is 1. The van der Waals surface area contributed by atoms with Crippen LogP contribution in [0.1, 0.15) is 19.3 Å². The third kappa shape index (κ3) is 2.71. The molecule has 0 amide bonds. The van der Waals surface area contributed by atoms with Crippen LogP contribution in [0.4, 0.5) is 0 Å². The first-order valence-electron chi connectivity index (χ1n) is 8.45. The Morgan fingerprint density at radius 2 is 1.83 bits per heavy atom. The first kappa shape index (κ1) is 15.6. The molecule has 1 N–H and O–H groups in total. The van der Waals surface area contributed by atoms with E-state index in [0.717, 1.165) is 25.4 Å². The molecule has 0 aromatic heterocycles. The minimum atomic E-state index is -3.38. The first-order chi connectivity index (χ1) is 11.0. The molecule has 23 heavy (non-hydrogen) atoms. The summed E-state index contributed by atoms with van der Waals surface area (Å²) in [6.45, 7) is 3.30. The van der Waals surface area contributed by atoms with E-state index >= 15 is 0 Å². The Kier molecular flexibility index (Phi) is 3.76. The van der Waals surface area contributed by atoms with Crippen molar-refractivity contribution in [2.45, 2.75) is 29.7 Å². The van der Waals surface area contributed by atoms with Crippen LogP contribution in [0.2, 0.25) is 0 Å². The van der Waals surface area contributed by atoms with Crippen molar-refractivity contribution in [1.82, 2.24) is 9.21 Å². The molecule has 2 heterocycles. The summed E-state index contributed by atoms with van der Waals surface area (Å²) in [6.07, 6.45) is 3.50. The van der Waals surface area contributed by atoms with Gasteiger partial charge in [-0.25, -0.2) is 8.42 Å². The highest BCUT2D eigenvalue weighted by Crippen LogP contribution is 2.44. The van der Waals surface area contributed by atoms with Crippen LogP contribution in [0.25, 0.3) is 0 Å². The lowest BCUT2D eigenvalue weighted by molar-refractivity contribution is 0.0168. The number of aliphatic hydroxyl groups is 1. The van der Waals surface area contributed by atoms with Crippen molar-refractivity contribution in [3.05, 3.63) is 30.3 Å². The highest BCUT2D eigenvalue weighted by atomic mass is 32.2. The summed E-state index contributed by atoms with van der Waals surface area (Å²) in [5.74, 6) is 1.07. The molecule has 4 rings (SSSR count). The van der Waals surface area contributed by atoms with Crippen molar-refractivity contribution < 1.29 is 13.5 Å². The zero-order valence-corrected chi connectivity index (χ0v) is 14.1. The second-order valence-corrected chi connectivity index (χ2v) is 9.35. The van der Waals surface area contributed by atoms with Crippen molar-refractivity contribution in [2.24, 2.45) is 11.8 Å². The van der Waals surface area contributed by atoms with E-state index in [9.17, 15) is 13.5 Å². The molecule has 3 aliphatic rings. The third-order valence-electron chi connectivity index (χ3n) is 5.57. The molecular weight excluding hydrogens is 312 g/mol. The van der Waals surface area contributed by atoms with Crippen LogP contribution in [0.15, 0.2) is 35.2 Å². The number of likely N-dealkylation sites (tertiary alicyclic amines) is 1. The van der Waals surface area contributed by atoms with Crippen LogP contribution in [0.5, 0.6) is 0 Å². The van der Waals surface area contributed by atoms with Crippen molar-refractivity contribution >= 4 is 10.0 Å². The molecule has 1 aromatic rings. The maximum absolute atomic E-state index is 12.7. The molecule has 0 bridgehead atoms. The van der Waals surface area contributed by atoms with E-state index in [-0.39, 0.29) is 18.1 Å². The smallest absolute Gasteiger partial charge is 0.243 e. The van der Waals surface area contributed by atoms with Crippen molar-refractivity contribution in [3.63, 3.8) is 0 Å². The van der Waals surface area contributed by atoms with Gasteiger partial charge in [-0.05, 0) is 43.2 Å². The van der Waals surface area contributed by atoms with Gasteiger partial charge in [-0.2, -0.15) is 4.31 Å². The maximum atomic E-state index is 12.7. The van der Waals surface area contributed by atoms with Gasteiger partial charge in [-0.3, -0.25) is 4.90 Å². The summed E-state index contributed by atoms with van der Waals surface area (Å²) < 4.78 is 27.0. The van der Waals surface area contributed by atoms with Crippen LogP contribution < -0.4 is 0 Å². The average molecular weight is 336 g/mol. The summed E-state index contributed by atoms with van der Waals surface area (Å²) >= 11 is 0.